The van der Waals surface area contributed by atoms with Crippen LogP contribution in [0, 0.1) is 5.21 Å². The van der Waals surface area contributed by atoms with Crippen molar-refractivity contribution in [1.82, 2.24) is 0 Å². The molecule has 0 unspecified atom stereocenters. The van der Waals surface area contributed by atoms with Gasteiger partial charge in [0.05, 0.1) is 20.3 Å². The van der Waals surface area contributed by atoms with E-state index in [1.165, 1.54) is 0 Å². The van der Waals surface area contributed by atoms with Crippen LogP contribution in [-0.4, -0.2) is 89.5 Å². The third-order valence-electron chi connectivity index (χ3n) is 1.42. The minimum atomic E-state index is -0.125. The standard InChI is InChI=1S/C5H11NO2.Na.4H2O.Os.H/c1-6(7)2-4-8-5-3-6;;;;;;;/h2-5H2,1H3;;4*1H2;;. The van der Waals surface area contributed by atoms with Crippen molar-refractivity contribution in [2.75, 3.05) is 33.4 Å². The van der Waals surface area contributed by atoms with E-state index in [2.05, 4.69) is 0 Å². The predicted octanol–water partition coefficient (Wildman–Crippen LogP) is -3.99. The molecule has 0 atom stereocenters. The number of nitrogens with zero attached hydrogens (tertiary/aromatic N) is 1. The van der Waals surface area contributed by atoms with Gasteiger partial charge in [-0.3, -0.25) is 0 Å². The molecule has 1 saturated heterocycles. The monoisotopic (exact) mass is 405 g/mol. The zero-order valence-electron chi connectivity index (χ0n) is 7.45. The molecule has 1 aliphatic heterocycles. The SMILES string of the molecule is C[N+]1([O-])CCOCC1.O.O.O.O.[NaH].[Os]. The largest absolute Gasteiger partial charge is 0 e. The van der Waals surface area contributed by atoms with Gasteiger partial charge in [-0.25, -0.2) is 0 Å². The normalized spacial score (nSPS) is 15.9. The van der Waals surface area contributed by atoms with E-state index in [1.54, 1.807) is 7.05 Å². The van der Waals surface area contributed by atoms with Crippen LogP contribution in [0.1, 0.15) is 0 Å². The number of hydrogen-bond donors (Lipinski definition) is 0. The molecule has 8 N–H and O–H groups in total. The van der Waals surface area contributed by atoms with E-state index in [1.807, 2.05) is 0 Å². The summed E-state index contributed by atoms with van der Waals surface area (Å²) >= 11 is 0. The predicted molar refractivity (Wildman–Crippen MR) is 51.7 cm³/mol. The third-order valence-corrected chi connectivity index (χ3v) is 1.42. The molecule has 90 valence electrons. The molecule has 0 aliphatic carbocycles. The first-order chi connectivity index (χ1) is 3.71. The minimum Gasteiger partial charge on any atom is 0 e. The second-order valence-electron chi connectivity index (χ2n) is 2.36. The first kappa shape index (κ1) is 36.2. The first-order valence-electron chi connectivity index (χ1n) is 2.84. The summed E-state index contributed by atoms with van der Waals surface area (Å²) in [6.07, 6.45) is 0. The Hall–Kier alpha value is 1.36. The van der Waals surface area contributed by atoms with Crippen molar-refractivity contribution < 1.29 is 51.1 Å². The Morgan fingerprint density at radius 2 is 1.29 bits per heavy atom. The number of hydroxylamine groups is 3. The second kappa shape index (κ2) is 16.8. The molecule has 0 amide bonds. The average molecular weight is 403 g/mol. The number of hydrogen-bond acceptors (Lipinski definition) is 2. The summed E-state index contributed by atoms with van der Waals surface area (Å²) in [6.45, 7) is 2.47. The van der Waals surface area contributed by atoms with Crippen molar-refractivity contribution in [1.29, 1.82) is 0 Å². The van der Waals surface area contributed by atoms with Crippen molar-refractivity contribution in [2.24, 2.45) is 0 Å². The molecule has 1 heterocycles. The fourth-order valence-electron chi connectivity index (χ4n) is 0.729. The Bertz CT molecular complexity index is 90.3. The van der Waals surface area contributed by atoms with Gasteiger partial charge in [-0.05, 0) is 0 Å². The molecular formula is C5H20NNaO6Os. The first-order valence-corrected chi connectivity index (χ1v) is 2.84. The molecule has 0 spiro atoms. The third kappa shape index (κ3) is 15.8. The number of quaternary nitrogens is 1. The van der Waals surface area contributed by atoms with Crippen LogP contribution < -0.4 is 0 Å². The van der Waals surface area contributed by atoms with Gasteiger partial charge >= 0.3 is 29.6 Å². The molecule has 0 aromatic rings. The van der Waals surface area contributed by atoms with Crippen molar-refractivity contribution in [3.05, 3.63) is 5.21 Å². The maximum absolute atomic E-state index is 11.0. The van der Waals surface area contributed by atoms with Crippen LogP contribution >= 0.6 is 0 Å². The van der Waals surface area contributed by atoms with Gasteiger partial charge in [0.25, 0.3) is 0 Å². The maximum atomic E-state index is 11.0. The number of likely N-dealkylation sites (N-methyl/N-ethyl adjacent to an activating group) is 1. The molecule has 1 aliphatic rings. The molecule has 9 heteroatoms. The van der Waals surface area contributed by atoms with Gasteiger partial charge in [-0.2, -0.15) is 0 Å². The van der Waals surface area contributed by atoms with Crippen LogP contribution in [0.4, 0.5) is 0 Å². The van der Waals surface area contributed by atoms with Crippen LogP contribution in [0.3, 0.4) is 0 Å². The summed E-state index contributed by atoms with van der Waals surface area (Å²) in [5.41, 5.74) is 0. The quantitative estimate of drug-likeness (QED) is 0.229. The molecule has 1 rings (SSSR count). The second-order valence-corrected chi connectivity index (χ2v) is 2.36. The van der Waals surface area contributed by atoms with E-state index in [0.717, 1.165) is 0 Å². The summed E-state index contributed by atoms with van der Waals surface area (Å²) in [5, 5.41) is 11.0. The topological polar surface area (TPSA) is 158 Å². The maximum Gasteiger partial charge on any atom is 0 e. The number of rotatable bonds is 0. The Kier molecular flexibility index (Phi) is 43.3. The molecule has 0 bridgehead atoms. The fourth-order valence-corrected chi connectivity index (χ4v) is 0.729. The molecule has 14 heavy (non-hydrogen) atoms. The Labute approximate surface area is 119 Å². The van der Waals surface area contributed by atoms with Gasteiger partial charge in [0, 0.05) is 19.8 Å². The summed E-state index contributed by atoms with van der Waals surface area (Å²) in [6, 6.07) is 0. The van der Waals surface area contributed by atoms with E-state index in [4.69, 9.17) is 4.74 Å². The molecule has 0 saturated carbocycles. The van der Waals surface area contributed by atoms with Gasteiger partial charge in [0.15, 0.2) is 0 Å². The zero-order valence-corrected chi connectivity index (χ0v) is 9.99. The van der Waals surface area contributed by atoms with Crippen molar-refractivity contribution >= 4 is 29.6 Å². The van der Waals surface area contributed by atoms with E-state index in [9.17, 15) is 5.21 Å². The van der Waals surface area contributed by atoms with Crippen LogP contribution in [0.5, 0.6) is 0 Å². The zero-order chi connectivity index (χ0) is 6.04. The molecule has 0 aromatic carbocycles. The van der Waals surface area contributed by atoms with Gasteiger partial charge in [-0.15, -0.1) is 0 Å². The Morgan fingerprint density at radius 1 is 1.00 bits per heavy atom. The molecule has 7 nitrogen and oxygen atoms in total. The summed E-state index contributed by atoms with van der Waals surface area (Å²) in [7, 11) is 1.68. The summed E-state index contributed by atoms with van der Waals surface area (Å²) in [4.78, 5) is 0. The number of ether oxygens (including phenoxy) is 1. The van der Waals surface area contributed by atoms with Gasteiger partial charge < -0.3 is 36.5 Å². The Morgan fingerprint density at radius 3 is 1.43 bits per heavy atom. The van der Waals surface area contributed by atoms with Crippen LogP contribution in [-0.2, 0) is 24.5 Å². The molecule has 0 aromatic heterocycles. The smallest absolute Gasteiger partial charge is 0 e. The van der Waals surface area contributed by atoms with Gasteiger partial charge in [-0.1, -0.05) is 0 Å². The molecule has 1 fully saturated rings. The average Bonchev–Trinajstić information content (AvgIpc) is 1.65. The van der Waals surface area contributed by atoms with Crippen molar-refractivity contribution in [2.45, 2.75) is 0 Å². The van der Waals surface area contributed by atoms with Gasteiger partial charge in [0.2, 0.25) is 0 Å². The van der Waals surface area contributed by atoms with Crippen LogP contribution in [0.25, 0.3) is 0 Å². The van der Waals surface area contributed by atoms with Crippen molar-refractivity contribution in [3.8, 4) is 0 Å². The summed E-state index contributed by atoms with van der Waals surface area (Å²) < 4.78 is 4.86. The van der Waals surface area contributed by atoms with E-state index >= 15 is 0 Å². The van der Waals surface area contributed by atoms with Crippen LogP contribution in [0.15, 0.2) is 0 Å². The van der Waals surface area contributed by atoms with E-state index in [0.29, 0.717) is 26.3 Å². The number of morpholine rings is 1. The molecular weight excluding hydrogens is 383 g/mol. The van der Waals surface area contributed by atoms with Gasteiger partial charge in [0.1, 0.15) is 13.1 Å². The Balaban J connectivity index is -0.0000000267. The summed E-state index contributed by atoms with van der Waals surface area (Å²) in [5.74, 6) is 0. The minimum absolute atomic E-state index is 0. The molecule has 0 radical (unpaired) electrons. The van der Waals surface area contributed by atoms with E-state index < -0.39 is 0 Å². The van der Waals surface area contributed by atoms with Crippen LogP contribution in [0.2, 0.25) is 0 Å². The van der Waals surface area contributed by atoms with E-state index in [-0.39, 0.29) is 75.9 Å². The van der Waals surface area contributed by atoms with Crippen molar-refractivity contribution in [3.63, 3.8) is 0 Å². The fraction of sp³-hybridized carbons (Fsp3) is 1.00.